The molecule has 0 aliphatic carbocycles. The number of likely N-dealkylation sites (tertiary alicyclic amines) is 1. The molecule has 0 aromatic heterocycles. The highest BCUT2D eigenvalue weighted by Gasteiger charge is 2.25. The highest BCUT2D eigenvalue weighted by Crippen LogP contribution is 2.29. The van der Waals surface area contributed by atoms with Gasteiger partial charge in [0.15, 0.2) is 6.61 Å². The van der Waals surface area contributed by atoms with Crippen LogP contribution in [-0.2, 0) is 4.79 Å². The lowest BCUT2D eigenvalue weighted by Crippen LogP contribution is -2.39. The van der Waals surface area contributed by atoms with E-state index in [2.05, 4.69) is 5.32 Å². The number of nitrogens with zero attached hydrogens (tertiary/aromatic N) is 1. The Bertz CT molecular complexity index is 888. The molecule has 6 nitrogen and oxygen atoms in total. The highest BCUT2D eigenvalue weighted by atomic mass is 16.5. The number of piperidine rings is 1. The van der Waals surface area contributed by atoms with Crippen LogP contribution in [0, 0.1) is 12.8 Å². The Hall–Kier alpha value is -3.02. The molecule has 0 bridgehead atoms. The van der Waals surface area contributed by atoms with Gasteiger partial charge in [-0.15, -0.1) is 0 Å². The maximum absolute atomic E-state index is 12.8. The maximum atomic E-state index is 12.8. The normalized spacial score (nSPS) is 16.8. The van der Waals surface area contributed by atoms with Crippen LogP contribution >= 0.6 is 0 Å². The summed E-state index contributed by atoms with van der Waals surface area (Å²) in [4.78, 5) is 26.2. The topological polar surface area (TPSA) is 67.9 Å². The van der Waals surface area contributed by atoms with Crippen molar-refractivity contribution in [3.63, 3.8) is 0 Å². The van der Waals surface area contributed by atoms with Crippen molar-refractivity contribution in [3.8, 4) is 11.5 Å². The summed E-state index contributed by atoms with van der Waals surface area (Å²) < 4.78 is 11.3. The summed E-state index contributed by atoms with van der Waals surface area (Å²) in [6.45, 7) is 4.15. The zero-order valence-corrected chi connectivity index (χ0v) is 15.9. The first-order valence-corrected chi connectivity index (χ1v) is 9.64. The van der Waals surface area contributed by atoms with Crippen LogP contribution in [0.15, 0.2) is 42.5 Å². The first kappa shape index (κ1) is 18.3. The van der Waals surface area contributed by atoms with E-state index < -0.39 is 0 Å². The van der Waals surface area contributed by atoms with E-state index >= 15 is 0 Å². The van der Waals surface area contributed by atoms with E-state index in [0.29, 0.717) is 42.6 Å². The van der Waals surface area contributed by atoms with Gasteiger partial charge in [-0.1, -0.05) is 18.2 Å². The Morgan fingerprint density at radius 1 is 1.21 bits per heavy atom. The summed E-state index contributed by atoms with van der Waals surface area (Å²) >= 11 is 0. The van der Waals surface area contributed by atoms with Crippen LogP contribution in [0.25, 0.3) is 0 Å². The van der Waals surface area contributed by atoms with Gasteiger partial charge in [0.25, 0.3) is 11.8 Å². The lowest BCUT2D eigenvalue weighted by Gasteiger charge is -2.32. The summed E-state index contributed by atoms with van der Waals surface area (Å²) in [5, 5.41) is 2.75. The smallest absolute Gasteiger partial charge is 0.262 e. The summed E-state index contributed by atoms with van der Waals surface area (Å²) in [6.07, 6.45) is 1.84. The number of nitrogens with one attached hydrogen (secondary N) is 1. The van der Waals surface area contributed by atoms with Gasteiger partial charge in [0.1, 0.15) is 11.5 Å². The van der Waals surface area contributed by atoms with Crippen LogP contribution in [0.3, 0.4) is 0 Å². The van der Waals surface area contributed by atoms with E-state index in [0.717, 1.165) is 24.2 Å². The molecule has 2 amide bonds. The van der Waals surface area contributed by atoms with Gasteiger partial charge in [0, 0.05) is 18.7 Å². The van der Waals surface area contributed by atoms with Gasteiger partial charge in [0.05, 0.1) is 12.3 Å². The van der Waals surface area contributed by atoms with Crippen LogP contribution in [0.5, 0.6) is 11.5 Å². The number of anilines is 1. The van der Waals surface area contributed by atoms with Gasteiger partial charge < -0.3 is 19.7 Å². The largest absolute Gasteiger partial charge is 0.493 e. The van der Waals surface area contributed by atoms with Crippen molar-refractivity contribution in [2.75, 3.05) is 31.6 Å². The fraction of sp³-hybridized carbons (Fsp3) is 0.364. The molecule has 1 saturated heterocycles. The lowest BCUT2D eigenvalue weighted by molar-refractivity contribution is -0.118. The lowest BCUT2D eigenvalue weighted by atomic mass is 9.97. The number of carbonyl (C=O) groups is 2. The molecule has 0 atom stereocenters. The predicted molar refractivity (Wildman–Crippen MR) is 106 cm³/mol. The molecule has 2 aromatic rings. The van der Waals surface area contributed by atoms with Crippen LogP contribution in [0.2, 0.25) is 0 Å². The van der Waals surface area contributed by atoms with Gasteiger partial charge in [-0.2, -0.15) is 0 Å². The maximum Gasteiger partial charge on any atom is 0.262 e. The second-order valence-corrected chi connectivity index (χ2v) is 7.36. The number of rotatable bonds is 4. The number of benzene rings is 2. The molecule has 2 aliphatic heterocycles. The van der Waals surface area contributed by atoms with Crippen LogP contribution in [-0.4, -0.2) is 43.0 Å². The zero-order chi connectivity index (χ0) is 19.5. The van der Waals surface area contributed by atoms with E-state index in [1.165, 1.54) is 0 Å². The first-order chi connectivity index (χ1) is 13.6. The number of amides is 2. The molecule has 28 heavy (non-hydrogen) atoms. The Morgan fingerprint density at radius 2 is 2.00 bits per heavy atom. The quantitative estimate of drug-likeness (QED) is 0.884. The molecule has 4 rings (SSSR count). The molecule has 0 unspecified atom stereocenters. The Morgan fingerprint density at radius 3 is 2.79 bits per heavy atom. The Kier molecular flexibility index (Phi) is 5.19. The molecular weight excluding hydrogens is 356 g/mol. The third-order valence-corrected chi connectivity index (χ3v) is 5.33. The molecule has 1 N–H and O–H groups in total. The van der Waals surface area contributed by atoms with Crippen LogP contribution < -0.4 is 14.8 Å². The highest BCUT2D eigenvalue weighted by molar-refractivity contribution is 5.99. The number of ether oxygens (including phenoxy) is 2. The molecule has 2 heterocycles. The Labute approximate surface area is 164 Å². The number of aryl methyl sites for hydroxylation is 1. The van der Waals surface area contributed by atoms with Crippen molar-refractivity contribution in [1.82, 2.24) is 4.90 Å². The third-order valence-electron chi connectivity index (χ3n) is 5.33. The Balaban J connectivity index is 1.32. The summed E-state index contributed by atoms with van der Waals surface area (Å²) in [5.74, 6) is 1.76. The number of hydrogen-bond acceptors (Lipinski definition) is 4. The molecular formula is C22H24N2O4. The van der Waals surface area contributed by atoms with E-state index in [1.54, 1.807) is 18.2 Å². The van der Waals surface area contributed by atoms with E-state index in [-0.39, 0.29) is 18.4 Å². The average Bonchev–Trinajstić information content (AvgIpc) is 2.72. The summed E-state index contributed by atoms with van der Waals surface area (Å²) in [7, 11) is 0. The SMILES string of the molecule is Cc1ccccc1OCC1CCN(C(=O)c2ccc3c(c2)NC(=O)CO3)CC1. The molecule has 2 aliphatic rings. The fourth-order valence-electron chi connectivity index (χ4n) is 3.63. The monoisotopic (exact) mass is 380 g/mol. The molecule has 1 fully saturated rings. The number of para-hydroxylation sites is 1. The minimum atomic E-state index is -0.202. The second kappa shape index (κ2) is 7.92. The van der Waals surface area contributed by atoms with Crippen molar-refractivity contribution in [1.29, 1.82) is 0 Å². The molecule has 0 spiro atoms. The fourth-order valence-corrected chi connectivity index (χ4v) is 3.63. The van der Waals surface area contributed by atoms with Crippen molar-refractivity contribution in [2.24, 2.45) is 5.92 Å². The molecule has 0 radical (unpaired) electrons. The summed E-state index contributed by atoms with van der Waals surface area (Å²) in [5.41, 5.74) is 2.27. The number of carbonyl (C=O) groups excluding carboxylic acids is 2. The molecule has 2 aromatic carbocycles. The average molecular weight is 380 g/mol. The van der Waals surface area contributed by atoms with Gasteiger partial charge in [-0.25, -0.2) is 0 Å². The minimum Gasteiger partial charge on any atom is -0.493 e. The van der Waals surface area contributed by atoms with Crippen molar-refractivity contribution in [2.45, 2.75) is 19.8 Å². The molecule has 6 heteroatoms. The van der Waals surface area contributed by atoms with Gasteiger partial charge >= 0.3 is 0 Å². The minimum absolute atomic E-state index is 0.0123. The van der Waals surface area contributed by atoms with Crippen LogP contribution in [0.1, 0.15) is 28.8 Å². The summed E-state index contributed by atoms with van der Waals surface area (Å²) in [6, 6.07) is 13.2. The van der Waals surface area contributed by atoms with E-state index in [4.69, 9.17) is 9.47 Å². The molecule has 0 saturated carbocycles. The van der Waals surface area contributed by atoms with Crippen molar-refractivity contribution in [3.05, 3.63) is 53.6 Å². The predicted octanol–water partition coefficient (Wildman–Crippen LogP) is 3.26. The second-order valence-electron chi connectivity index (χ2n) is 7.36. The van der Waals surface area contributed by atoms with E-state index in [1.807, 2.05) is 36.1 Å². The van der Waals surface area contributed by atoms with E-state index in [9.17, 15) is 9.59 Å². The van der Waals surface area contributed by atoms with Crippen molar-refractivity contribution < 1.29 is 19.1 Å². The van der Waals surface area contributed by atoms with Gasteiger partial charge in [-0.3, -0.25) is 9.59 Å². The van der Waals surface area contributed by atoms with Gasteiger partial charge in [-0.05, 0) is 55.5 Å². The molecule has 146 valence electrons. The van der Waals surface area contributed by atoms with Crippen LogP contribution in [0.4, 0.5) is 5.69 Å². The first-order valence-electron chi connectivity index (χ1n) is 9.64. The number of fused-ring (bicyclic) bond motifs is 1. The van der Waals surface area contributed by atoms with Crippen molar-refractivity contribution >= 4 is 17.5 Å². The standard InChI is InChI=1S/C22H24N2O4/c1-15-4-2-3-5-19(15)27-13-16-8-10-24(11-9-16)22(26)17-6-7-20-18(12-17)23-21(25)14-28-20/h2-7,12,16H,8-11,13-14H2,1H3,(H,23,25). The van der Waals surface area contributed by atoms with Gasteiger partial charge in [0.2, 0.25) is 0 Å². The zero-order valence-electron chi connectivity index (χ0n) is 15.9. The number of hydrogen-bond donors (Lipinski definition) is 1. The third kappa shape index (κ3) is 3.96.